The van der Waals surface area contributed by atoms with Gasteiger partial charge in [0.05, 0.1) is 19.3 Å². The Morgan fingerprint density at radius 3 is 2.65 bits per heavy atom. The van der Waals surface area contributed by atoms with Crippen LogP contribution in [0.1, 0.15) is 29.2 Å². The summed E-state index contributed by atoms with van der Waals surface area (Å²) in [7, 11) is 0. The monoisotopic (exact) mass is 559 g/mol. The molecular formula is C32H34ClN3O4. The van der Waals surface area contributed by atoms with Crippen molar-refractivity contribution in [2.24, 2.45) is 5.92 Å². The van der Waals surface area contributed by atoms with Crippen LogP contribution < -0.4 is 5.32 Å². The van der Waals surface area contributed by atoms with Crippen molar-refractivity contribution in [1.82, 2.24) is 15.4 Å². The number of benzene rings is 3. The number of carbonyl (C=O) groups is 1. The predicted molar refractivity (Wildman–Crippen MR) is 158 cm³/mol. The van der Waals surface area contributed by atoms with E-state index in [-0.39, 0.29) is 12.5 Å². The Morgan fingerprint density at radius 1 is 1.10 bits per heavy atom. The maximum Gasteiger partial charge on any atom is 0.240 e. The average Bonchev–Trinajstić information content (AvgIpc) is 3.54. The van der Waals surface area contributed by atoms with Crippen LogP contribution in [-0.2, 0) is 22.6 Å². The highest BCUT2D eigenvalue weighted by atomic mass is 35.5. The fraction of sp³-hybridized carbons (Fsp3) is 0.281. The minimum Gasteiger partial charge on any atom is -0.396 e. The first kappa shape index (κ1) is 28.1. The second-order valence-corrected chi connectivity index (χ2v) is 10.6. The van der Waals surface area contributed by atoms with Crippen molar-refractivity contribution in [3.8, 4) is 0 Å². The molecule has 4 N–H and O–H groups in total. The number of aromatic amines is 1. The predicted octanol–water partition coefficient (Wildman–Crippen LogP) is 4.82. The maximum absolute atomic E-state index is 13.5. The normalized spacial score (nSPS) is 20.4. The summed E-state index contributed by atoms with van der Waals surface area (Å²) in [5.74, 6) is -0.804. The smallest absolute Gasteiger partial charge is 0.240 e. The number of rotatable bonds is 10. The lowest BCUT2D eigenvalue weighted by Crippen LogP contribution is -2.48. The molecule has 1 aliphatic rings. The second kappa shape index (κ2) is 12.8. The van der Waals surface area contributed by atoms with E-state index in [1.54, 1.807) is 12.0 Å². The molecule has 7 nitrogen and oxygen atoms in total. The van der Waals surface area contributed by atoms with Gasteiger partial charge in [-0.15, -0.1) is 0 Å². The number of hydroxylamine groups is 2. The molecule has 4 aromatic rings. The molecule has 8 heteroatoms. The van der Waals surface area contributed by atoms with E-state index < -0.39 is 24.2 Å². The second-order valence-electron chi connectivity index (χ2n) is 10.2. The van der Waals surface area contributed by atoms with Crippen molar-refractivity contribution in [3.63, 3.8) is 0 Å². The SMILES string of the molecule is C[C@H](O)[C@@H]1ON(Cc2cccc(/C=C/c3ccc(Cl)cc3)c2)[C@H](C(=O)NCCc2c[nH]c3ccccc23)[C@@H]1CO. The first-order valence-corrected chi connectivity index (χ1v) is 13.9. The molecule has 4 atom stereocenters. The molecule has 0 bridgehead atoms. The first-order valence-electron chi connectivity index (χ1n) is 13.5. The lowest BCUT2D eigenvalue weighted by atomic mass is 9.92. The molecular weight excluding hydrogens is 526 g/mol. The molecule has 1 aromatic heterocycles. The van der Waals surface area contributed by atoms with Crippen LogP contribution in [-0.4, -0.2) is 57.6 Å². The van der Waals surface area contributed by atoms with Crippen LogP contribution in [0.15, 0.2) is 79.0 Å². The van der Waals surface area contributed by atoms with Crippen molar-refractivity contribution in [1.29, 1.82) is 0 Å². The van der Waals surface area contributed by atoms with E-state index >= 15 is 0 Å². The highest BCUT2D eigenvalue weighted by molar-refractivity contribution is 6.30. The van der Waals surface area contributed by atoms with E-state index in [4.69, 9.17) is 16.4 Å². The number of para-hydroxylation sites is 1. The molecule has 40 heavy (non-hydrogen) atoms. The summed E-state index contributed by atoms with van der Waals surface area (Å²) >= 11 is 5.99. The largest absolute Gasteiger partial charge is 0.396 e. The van der Waals surface area contributed by atoms with Gasteiger partial charge in [0.25, 0.3) is 0 Å². The van der Waals surface area contributed by atoms with Gasteiger partial charge in [0, 0.05) is 34.6 Å². The van der Waals surface area contributed by atoms with Gasteiger partial charge < -0.3 is 20.5 Å². The van der Waals surface area contributed by atoms with Gasteiger partial charge in [0.15, 0.2) is 0 Å². The molecule has 1 aliphatic heterocycles. The Bertz CT molecular complexity index is 1470. The summed E-state index contributed by atoms with van der Waals surface area (Å²) in [4.78, 5) is 22.8. The third-order valence-electron chi connectivity index (χ3n) is 7.35. The van der Waals surface area contributed by atoms with Crippen LogP contribution in [0.2, 0.25) is 5.02 Å². The molecule has 1 saturated heterocycles. The van der Waals surface area contributed by atoms with Gasteiger partial charge in [-0.05, 0) is 53.8 Å². The maximum atomic E-state index is 13.5. The van der Waals surface area contributed by atoms with Crippen molar-refractivity contribution < 1.29 is 19.8 Å². The molecule has 5 rings (SSSR count). The van der Waals surface area contributed by atoms with Gasteiger partial charge >= 0.3 is 0 Å². The number of hydrogen-bond donors (Lipinski definition) is 4. The van der Waals surface area contributed by atoms with Gasteiger partial charge in [-0.1, -0.05) is 78.4 Å². The van der Waals surface area contributed by atoms with Gasteiger partial charge in [0.2, 0.25) is 5.91 Å². The molecule has 0 aliphatic carbocycles. The number of aliphatic hydroxyl groups is 2. The Kier molecular flexibility index (Phi) is 8.99. The number of nitrogens with one attached hydrogen (secondary N) is 2. The summed E-state index contributed by atoms with van der Waals surface area (Å²) in [6, 6.07) is 22.9. The molecule has 3 aromatic carbocycles. The lowest BCUT2D eigenvalue weighted by Gasteiger charge is -2.24. The number of H-pyrrole nitrogens is 1. The molecule has 0 spiro atoms. The van der Waals surface area contributed by atoms with Crippen LogP contribution in [0.4, 0.5) is 0 Å². The van der Waals surface area contributed by atoms with E-state index in [0.717, 1.165) is 33.2 Å². The number of carbonyl (C=O) groups excluding carboxylic acids is 1. The zero-order valence-electron chi connectivity index (χ0n) is 22.3. The fourth-order valence-electron chi connectivity index (χ4n) is 5.31. The third-order valence-corrected chi connectivity index (χ3v) is 7.60. The number of aliphatic hydroxyl groups excluding tert-OH is 2. The fourth-order valence-corrected chi connectivity index (χ4v) is 5.43. The van der Waals surface area contributed by atoms with Crippen molar-refractivity contribution in [3.05, 3.63) is 106 Å². The number of halogens is 1. The van der Waals surface area contributed by atoms with Crippen molar-refractivity contribution in [2.75, 3.05) is 13.2 Å². The molecule has 0 saturated carbocycles. The number of amides is 1. The van der Waals surface area contributed by atoms with E-state index in [1.165, 1.54) is 0 Å². The Hall–Kier alpha value is -3.46. The number of fused-ring (bicyclic) bond motifs is 1. The summed E-state index contributed by atoms with van der Waals surface area (Å²) in [5.41, 5.74) is 5.16. The Labute approximate surface area is 239 Å². The number of nitrogens with zero attached hydrogens (tertiary/aromatic N) is 1. The molecule has 1 amide bonds. The number of aromatic nitrogens is 1. The summed E-state index contributed by atoms with van der Waals surface area (Å²) in [6.45, 7) is 2.10. The van der Waals surface area contributed by atoms with E-state index in [0.29, 0.717) is 24.5 Å². The molecule has 208 valence electrons. The molecule has 0 unspecified atom stereocenters. The van der Waals surface area contributed by atoms with Crippen LogP contribution in [0.3, 0.4) is 0 Å². The van der Waals surface area contributed by atoms with Gasteiger partial charge in [-0.2, -0.15) is 5.06 Å². The average molecular weight is 560 g/mol. The van der Waals surface area contributed by atoms with Crippen molar-refractivity contribution in [2.45, 2.75) is 38.1 Å². The zero-order valence-corrected chi connectivity index (χ0v) is 23.1. The standard InChI is InChI=1S/C32H34ClN3O4/c1-21(38)31-28(20-37)30(32(39)34-16-15-25-18-35-29-8-3-2-7-27(25)29)36(40-31)19-24-6-4-5-23(17-24)10-9-22-11-13-26(33)14-12-22/h2-14,17-18,21,28,30-31,35,37-38H,15-16,19-20H2,1H3,(H,34,39)/b10-9+/t21-,28-,30-,31-/m0/s1. The summed E-state index contributed by atoms with van der Waals surface area (Å²) in [6.07, 6.45) is 5.11. The summed E-state index contributed by atoms with van der Waals surface area (Å²) in [5, 5.41) is 27.0. The molecule has 0 radical (unpaired) electrons. The van der Waals surface area contributed by atoms with E-state index in [9.17, 15) is 15.0 Å². The Balaban J connectivity index is 1.28. The first-order chi connectivity index (χ1) is 19.4. The minimum atomic E-state index is -0.850. The lowest BCUT2D eigenvalue weighted by molar-refractivity contribution is -0.192. The van der Waals surface area contributed by atoms with E-state index in [2.05, 4.69) is 16.4 Å². The van der Waals surface area contributed by atoms with Crippen LogP contribution in [0.25, 0.3) is 23.1 Å². The highest BCUT2D eigenvalue weighted by Gasteiger charge is 2.48. The molecule has 1 fully saturated rings. The van der Waals surface area contributed by atoms with E-state index in [1.807, 2.05) is 85.1 Å². The zero-order chi connectivity index (χ0) is 28.1. The highest BCUT2D eigenvalue weighted by Crippen LogP contribution is 2.31. The van der Waals surface area contributed by atoms with Gasteiger partial charge in [-0.25, -0.2) is 0 Å². The third kappa shape index (κ3) is 6.46. The van der Waals surface area contributed by atoms with Crippen LogP contribution >= 0.6 is 11.6 Å². The summed E-state index contributed by atoms with van der Waals surface area (Å²) < 4.78 is 0. The Morgan fingerprint density at radius 2 is 1.88 bits per heavy atom. The topological polar surface area (TPSA) is 97.8 Å². The van der Waals surface area contributed by atoms with Crippen LogP contribution in [0, 0.1) is 5.92 Å². The minimum absolute atomic E-state index is 0.235. The van der Waals surface area contributed by atoms with Crippen LogP contribution in [0.5, 0.6) is 0 Å². The van der Waals surface area contributed by atoms with Gasteiger partial charge in [0.1, 0.15) is 12.1 Å². The quantitative estimate of drug-likeness (QED) is 0.209. The number of hydrogen-bond acceptors (Lipinski definition) is 5. The molecule has 2 heterocycles. The van der Waals surface area contributed by atoms with Gasteiger partial charge in [-0.3, -0.25) is 9.63 Å². The van der Waals surface area contributed by atoms with Crippen molar-refractivity contribution >= 4 is 40.6 Å².